The van der Waals surface area contributed by atoms with Crippen LogP contribution in [0.3, 0.4) is 0 Å². The van der Waals surface area contributed by atoms with Gasteiger partial charge in [0.05, 0.1) is 18.1 Å². The Balaban J connectivity index is 1.38. The number of ether oxygens (including phenoxy) is 3. The highest BCUT2D eigenvalue weighted by Gasteiger charge is 2.18. The van der Waals surface area contributed by atoms with Crippen LogP contribution < -0.4 is 23.5 Å². The van der Waals surface area contributed by atoms with E-state index in [4.69, 9.17) is 23.3 Å². The molecule has 250 valence electrons. The van der Waals surface area contributed by atoms with E-state index in [1.54, 1.807) is 23.5 Å². The highest BCUT2D eigenvalue weighted by Crippen LogP contribution is 2.40. The average molecular weight is 662 g/mol. The zero-order valence-electron chi connectivity index (χ0n) is 27.5. The van der Waals surface area contributed by atoms with Gasteiger partial charge in [-0.15, -0.1) is 0 Å². The van der Waals surface area contributed by atoms with Crippen molar-refractivity contribution in [2.75, 3.05) is 26.4 Å². The third-order valence-electron chi connectivity index (χ3n) is 7.46. The molecule has 2 unspecified atom stereocenters. The smallest absolute Gasteiger partial charge is 0.319 e. The number of phosphoric acid groups is 1. The minimum Gasteiger partial charge on any atom is -0.746 e. The van der Waals surface area contributed by atoms with Gasteiger partial charge >= 0.3 is 7.82 Å². The van der Waals surface area contributed by atoms with Crippen molar-refractivity contribution >= 4 is 19.2 Å². The lowest BCUT2D eigenvalue weighted by Gasteiger charge is -2.26. The predicted molar refractivity (Wildman–Crippen MR) is 178 cm³/mol. The largest absolute Gasteiger partial charge is 0.746 e. The Morgan fingerprint density at radius 2 is 1.49 bits per heavy atom. The van der Waals surface area contributed by atoms with Crippen LogP contribution in [0.25, 0.3) is 0 Å². The molecule has 3 aromatic rings. The molecule has 8 nitrogen and oxygen atoms in total. The molecule has 3 rings (SSSR count). The van der Waals surface area contributed by atoms with Crippen LogP contribution in [0.2, 0.25) is 0 Å². The van der Waals surface area contributed by atoms with E-state index in [9.17, 15) is 9.46 Å². The molecule has 45 heavy (non-hydrogen) atoms. The van der Waals surface area contributed by atoms with E-state index in [1.165, 1.54) is 62.7 Å². The number of hydrogen-bond acceptors (Lipinski definition) is 8. The van der Waals surface area contributed by atoms with Crippen molar-refractivity contribution in [2.24, 2.45) is 0 Å². The van der Waals surface area contributed by atoms with Gasteiger partial charge in [0.2, 0.25) is 5.51 Å². The standard InChI is InChI=1S/C35H52NO7PS/c1-5-7-8-9-10-11-12-13-14-15-23-40-34-17-16-18-35(30(34)4)41-26-33(39-6-2)27-42-44(37,38)43-32-21-19-31(20-22-32)25-36-24-29(3)45-28-36/h16-22,24,28,33H,5-15,23,25-27H2,1-4H3. The first-order valence-electron chi connectivity index (χ1n) is 16.4. The van der Waals surface area contributed by atoms with Crippen LogP contribution in [0.5, 0.6) is 17.2 Å². The molecule has 0 fully saturated rings. The second-order valence-electron chi connectivity index (χ2n) is 11.4. The molecule has 2 aromatic carbocycles. The van der Waals surface area contributed by atoms with Gasteiger partial charge in [0, 0.05) is 17.7 Å². The van der Waals surface area contributed by atoms with Crippen LogP contribution in [-0.2, 0) is 20.4 Å². The molecule has 1 aromatic heterocycles. The second kappa shape index (κ2) is 20.7. The Labute approximate surface area is 274 Å². The van der Waals surface area contributed by atoms with E-state index in [0.29, 0.717) is 25.5 Å². The van der Waals surface area contributed by atoms with E-state index >= 15 is 0 Å². The SMILES string of the molecule is CCCCCCCCCCCCOc1cccc(OCC(COP(=O)([O-])Oc2ccc(C[n+]3csc(C)c3)cc2)OCC)c1C. The van der Waals surface area contributed by atoms with Crippen LogP contribution in [0.15, 0.2) is 54.2 Å². The van der Waals surface area contributed by atoms with E-state index < -0.39 is 13.9 Å². The van der Waals surface area contributed by atoms with Crippen molar-refractivity contribution in [3.8, 4) is 17.2 Å². The molecule has 1 heterocycles. The summed E-state index contributed by atoms with van der Waals surface area (Å²) in [5, 5.41) is 0. The molecule has 0 aliphatic heterocycles. The number of rotatable bonds is 24. The van der Waals surface area contributed by atoms with Crippen LogP contribution in [0.4, 0.5) is 0 Å². The Bertz CT molecular complexity index is 1280. The monoisotopic (exact) mass is 661 g/mol. The summed E-state index contributed by atoms with van der Waals surface area (Å²) in [6.07, 6.45) is 14.3. The minimum atomic E-state index is -4.62. The van der Waals surface area contributed by atoms with E-state index in [2.05, 4.69) is 24.6 Å². The fraction of sp³-hybridized carbons (Fsp3) is 0.571. The molecule has 0 spiro atoms. The highest BCUT2D eigenvalue weighted by molar-refractivity contribution is 7.46. The highest BCUT2D eigenvalue weighted by atomic mass is 32.1. The molecule has 2 atom stereocenters. The predicted octanol–water partition coefficient (Wildman–Crippen LogP) is 8.35. The van der Waals surface area contributed by atoms with Gasteiger partial charge in [-0.2, -0.15) is 4.57 Å². The molecule has 0 radical (unpaired) electrons. The zero-order chi connectivity index (χ0) is 32.3. The van der Waals surface area contributed by atoms with Crippen LogP contribution in [0, 0.1) is 13.8 Å². The fourth-order valence-electron chi connectivity index (χ4n) is 4.97. The van der Waals surface area contributed by atoms with Gasteiger partial charge in [-0.25, -0.2) is 0 Å². The lowest BCUT2D eigenvalue weighted by molar-refractivity contribution is -0.683. The van der Waals surface area contributed by atoms with Gasteiger partial charge in [-0.1, -0.05) is 82.1 Å². The molecule has 0 aliphatic rings. The van der Waals surface area contributed by atoms with Crippen LogP contribution in [-0.4, -0.2) is 32.5 Å². The maximum Gasteiger partial charge on any atom is 0.319 e. The third-order valence-corrected chi connectivity index (χ3v) is 9.22. The van der Waals surface area contributed by atoms with Gasteiger partial charge in [0.1, 0.15) is 30.0 Å². The van der Waals surface area contributed by atoms with Crippen molar-refractivity contribution in [2.45, 2.75) is 105 Å². The summed E-state index contributed by atoms with van der Waals surface area (Å²) in [6.45, 7) is 9.74. The van der Waals surface area contributed by atoms with Gasteiger partial charge < -0.3 is 28.2 Å². The minimum absolute atomic E-state index is 0.116. The van der Waals surface area contributed by atoms with E-state index in [1.807, 2.05) is 49.7 Å². The summed E-state index contributed by atoms with van der Waals surface area (Å²) in [5.74, 6) is 1.65. The molecule has 0 saturated carbocycles. The normalized spacial score (nSPS) is 13.4. The molecule has 0 bridgehead atoms. The van der Waals surface area contributed by atoms with Gasteiger partial charge in [0.15, 0.2) is 12.7 Å². The number of benzene rings is 2. The molecular weight excluding hydrogens is 609 g/mol. The Kier molecular flexibility index (Phi) is 17.0. The van der Waals surface area contributed by atoms with E-state index in [-0.39, 0.29) is 19.0 Å². The average Bonchev–Trinajstić information content (AvgIpc) is 3.43. The van der Waals surface area contributed by atoms with Gasteiger partial charge in [0.25, 0.3) is 0 Å². The molecule has 0 aliphatic carbocycles. The van der Waals surface area contributed by atoms with Crippen molar-refractivity contribution in [3.05, 3.63) is 70.2 Å². The Hall–Kier alpha value is -2.42. The fourth-order valence-corrected chi connectivity index (χ4v) is 6.38. The summed E-state index contributed by atoms with van der Waals surface area (Å²) in [5.41, 5.74) is 3.97. The number of phosphoric ester groups is 1. The quantitative estimate of drug-likeness (QED) is 0.0542. The number of hydrogen-bond donors (Lipinski definition) is 0. The van der Waals surface area contributed by atoms with Crippen molar-refractivity contribution in [3.63, 3.8) is 0 Å². The van der Waals surface area contributed by atoms with Gasteiger partial charge in [-0.05, 0) is 63.6 Å². The van der Waals surface area contributed by atoms with Crippen LogP contribution in [0.1, 0.15) is 94.1 Å². The number of unbranched alkanes of at least 4 members (excludes halogenated alkanes) is 9. The van der Waals surface area contributed by atoms with Gasteiger partial charge in [-0.3, -0.25) is 4.57 Å². The molecule has 10 heteroatoms. The molecule has 0 saturated heterocycles. The maximum absolute atomic E-state index is 12.6. The maximum atomic E-state index is 12.6. The van der Waals surface area contributed by atoms with E-state index in [0.717, 1.165) is 23.3 Å². The van der Waals surface area contributed by atoms with Crippen molar-refractivity contribution in [1.29, 1.82) is 0 Å². The lowest BCUT2D eigenvalue weighted by Crippen LogP contribution is -2.30. The Morgan fingerprint density at radius 1 is 0.844 bits per heavy atom. The van der Waals surface area contributed by atoms with Crippen molar-refractivity contribution in [1.82, 2.24) is 0 Å². The van der Waals surface area contributed by atoms with Crippen LogP contribution >= 0.6 is 19.2 Å². The number of aromatic nitrogens is 1. The first kappa shape index (κ1) is 37.0. The first-order valence-corrected chi connectivity index (χ1v) is 18.8. The summed E-state index contributed by atoms with van der Waals surface area (Å²) in [7, 11) is -4.62. The zero-order valence-corrected chi connectivity index (χ0v) is 29.3. The summed E-state index contributed by atoms with van der Waals surface area (Å²) in [6, 6.07) is 12.6. The second-order valence-corrected chi connectivity index (χ2v) is 13.8. The molecule has 0 amide bonds. The molecular formula is C35H52NO7PS. The number of aryl methyl sites for hydroxylation is 1. The first-order chi connectivity index (χ1) is 21.8. The number of thiazole rings is 1. The summed E-state index contributed by atoms with van der Waals surface area (Å²) < 4.78 is 42.8. The summed E-state index contributed by atoms with van der Waals surface area (Å²) >= 11 is 1.68. The third kappa shape index (κ3) is 14.7. The molecule has 0 N–H and O–H groups in total. The number of nitrogens with zero attached hydrogens (tertiary/aromatic N) is 1. The Morgan fingerprint density at radius 3 is 2.11 bits per heavy atom. The topological polar surface area (TPSA) is 90.2 Å². The van der Waals surface area contributed by atoms with Crippen molar-refractivity contribution < 1.29 is 37.3 Å². The lowest BCUT2D eigenvalue weighted by atomic mass is 10.1. The summed E-state index contributed by atoms with van der Waals surface area (Å²) in [4.78, 5) is 13.8.